The number of ether oxygens (including phenoxy) is 3. The van der Waals surface area contributed by atoms with Crippen molar-refractivity contribution in [1.29, 1.82) is 0 Å². The van der Waals surface area contributed by atoms with Crippen LogP contribution in [0.15, 0.2) is 50.1 Å². The third-order valence-electron chi connectivity index (χ3n) is 5.75. The molecule has 1 amide bonds. The Labute approximate surface area is 206 Å². The molecule has 1 atom stereocenters. The normalized spacial score (nSPS) is 15.3. The Kier molecular flexibility index (Phi) is 7.28. The molecule has 0 saturated heterocycles. The molecular formula is C26H28BrNO6. The molecule has 0 saturated carbocycles. The average molecular weight is 530 g/mol. The van der Waals surface area contributed by atoms with Crippen molar-refractivity contribution in [2.24, 2.45) is 5.92 Å². The molecule has 4 rings (SSSR count). The third-order valence-corrected chi connectivity index (χ3v) is 6.24. The zero-order chi connectivity index (χ0) is 24.4. The summed E-state index contributed by atoms with van der Waals surface area (Å²) in [6.45, 7) is 5.60. The summed E-state index contributed by atoms with van der Waals surface area (Å²) in [4.78, 5) is 28.7. The zero-order valence-electron chi connectivity index (χ0n) is 19.7. The Hall–Kier alpha value is -2.84. The van der Waals surface area contributed by atoms with Crippen LogP contribution in [0.5, 0.6) is 11.5 Å². The highest BCUT2D eigenvalue weighted by Crippen LogP contribution is 2.41. The van der Waals surface area contributed by atoms with E-state index in [4.69, 9.17) is 18.6 Å². The van der Waals surface area contributed by atoms with Crippen LogP contribution < -0.4 is 14.9 Å². The second-order valence-electron chi connectivity index (χ2n) is 8.68. The lowest BCUT2D eigenvalue weighted by Crippen LogP contribution is -2.31. The number of nitrogens with zero attached hydrogens (tertiary/aromatic N) is 1. The van der Waals surface area contributed by atoms with Crippen molar-refractivity contribution in [3.05, 3.63) is 68.0 Å². The molecule has 7 nitrogen and oxygen atoms in total. The largest absolute Gasteiger partial charge is 0.493 e. The van der Waals surface area contributed by atoms with Crippen molar-refractivity contribution in [3.63, 3.8) is 0 Å². The number of methoxy groups -OCH3 is 2. The molecule has 8 heteroatoms. The van der Waals surface area contributed by atoms with E-state index >= 15 is 0 Å². The van der Waals surface area contributed by atoms with E-state index in [1.165, 1.54) is 0 Å². The molecule has 2 heterocycles. The fraction of sp³-hybridized carbons (Fsp3) is 0.385. The highest BCUT2D eigenvalue weighted by atomic mass is 79.9. The quantitative estimate of drug-likeness (QED) is 0.355. The predicted octanol–water partition coefficient (Wildman–Crippen LogP) is 5.18. The Bertz CT molecular complexity index is 1270. The summed E-state index contributed by atoms with van der Waals surface area (Å²) in [5, 5.41) is 0.425. The van der Waals surface area contributed by atoms with Crippen LogP contribution >= 0.6 is 15.9 Å². The lowest BCUT2D eigenvalue weighted by molar-refractivity contribution is 0.0707. The first kappa shape index (κ1) is 24.3. The summed E-state index contributed by atoms with van der Waals surface area (Å²) in [7, 11) is 3.19. The maximum absolute atomic E-state index is 13.6. The number of carbonyl (C=O) groups is 1. The predicted molar refractivity (Wildman–Crippen MR) is 133 cm³/mol. The number of fused-ring (bicyclic) bond motifs is 2. The molecule has 1 aliphatic rings. The SMILES string of the molecule is COCCCN1C(=O)c2oc3ccc(Br)cc3c(=O)c2C1c1ccc(OCC(C)C)c(OC)c1. The highest BCUT2D eigenvalue weighted by Gasteiger charge is 2.42. The van der Waals surface area contributed by atoms with Crippen LogP contribution in [-0.4, -0.2) is 44.8 Å². The number of hydrogen-bond acceptors (Lipinski definition) is 6. The van der Waals surface area contributed by atoms with Gasteiger partial charge in [0.15, 0.2) is 16.9 Å². The standard InChI is InChI=1S/C26H28BrNO6/c1-15(2)14-33-20-8-6-16(12-21(20)32-4)23-22-24(29)18-13-17(27)7-9-19(18)34-25(22)26(30)28(23)10-5-11-31-3/h6-9,12-13,15,23H,5,10-11,14H2,1-4H3. The molecule has 1 aromatic heterocycles. The molecule has 0 aliphatic carbocycles. The monoisotopic (exact) mass is 529 g/mol. The van der Waals surface area contributed by atoms with Crippen molar-refractivity contribution >= 4 is 32.8 Å². The second-order valence-corrected chi connectivity index (χ2v) is 9.59. The maximum Gasteiger partial charge on any atom is 0.290 e. The molecule has 0 bridgehead atoms. The molecule has 1 aliphatic heterocycles. The number of hydrogen-bond donors (Lipinski definition) is 0. The van der Waals surface area contributed by atoms with E-state index in [1.807, 2.05) is 18.2 Å². The van der Waals surface area contributed by atoms with Crippen LogP contribution in [0.1, 0.15) is 48.0 Å². The number of benzene rings is 2. The molecule has 0 N–H and O–H groups in total. The summed E-state index contributed by atoms with van der Waals surface area (Å²) in [6.07, 6.45) is 0.624. The third kappa shape index (κ3) is 4.57. The molecular weight excluding hydrogens is 502 g/mol. The van der Waals surface area contributed by atoms with Crippen molar-refractivity contribution < 1.29 is 23.4 Å². The van der Waals surface area contributed by atoms with Crippen LogP contribution in [0.4, 0.5) is 0 Å². The summed E-state index contributed by atoms with van der Waals surface area (Å²) >= 11 is 3.42. The van der Waals surface area contributed by atoms with Gasteiger partial charge >= 0.3 is 0 Å². The average Bonchev–Trinajstić information content (AvgIpc) is 3.10. The van der Waals surface area contributed by atoms with Gasteiger partial charge in [-0.1, -0.05) is 35.8 Å². The molecule has 180 valence electrons. The van der Waals surface area contributed by atoms with Gasteiger partial charge < -0.3 is 23.5 Å². The van der Waals surface area contributed by atoms with E-state index in [0.717, 1.165) is 10.0 Å². The number of rotatable bonds is 9. The summed E-state index contributed by atoms with van der Waals surface area (Å²) in [5.41, 5.74) is 1.25. The van der Waals surface area contributed by atoms with E-state index in [0.29, 0.717) is 60.1 Å². The smallest absolute Gasteiger partial charge is 0.290 e. The van der Waals surface area contributed by atoms with Crippen LogP contribution in [-0.2, 0) is 4.74 Å². The minimum atomic E-state index is -0.605. The maximum atomic E-state index is 13.6. The molecule has 0 fully saturated rings. The topological polar surface area (TPSA) is 78.2 Å². The second kappa shape index (κ2) is 10.2. The van der Waals surface area contributed by atoms with Gasteiger partial charge in [-0.15, -0.1) is 0 Å². The molecule has 34 heavy (non-hydrogen) atoms. The lowest BCUT2D eigenvalue weighted by Gasteiger charge is -2.25. The fourth-order valence-electron chi connectivity index (χ4n) is 4.18. The highest BCUT2D eigenvalue weighted by molar-refractivity contribution is 9.10. The first-order valence-electron chi connectivity index (χ1n) is 11.2. The van der Waals surface area contributed by atoms with Gasteiger partial charge in [0.25, 0.3) is 5.91 Å². The number of halogens is 1. The van der Waals surface area contributed by atoms with Crippen LogP contribution in [0.3, 0.4) is 0 Å². The molecule has 0 spiro atoms. The number of amides is 1. The number of carbonyl (C=O) groups excluding carboxylic acids is 1. The van der Waals surface area contributed by atoms with Gasteiger partial charge in [-0.2, -0.15) is 0 Å². The molecule has 1 unspecified atom stereocenters. The lowest BCUT2D eigenvalue weighted by atomic mass is 9.98. The minimum absolute atomic E-state index is 0.0846. The fourth-order valence-corrected chi connectivity index (χ4v) is 4.54. The van der Waals surface area contributed by atoms with Gasteiger partial charge in [0.05, 0.1) is 30.7 Å². The first-order chi connectivity index (χ1) is 16.3. The summed E-state index contributed by atoms with van der Waals surface area (Å²) < 4.78 is 23.4. The van der Waals surface area contributed by atoms with Crippen molar-refractivity contribution in [1.82, 2.24) is 4.90 Å². The van der Waals surface area contributed by atoms with E-state index in [2.05, 4.69) is 29.8 Å². The Balaban J connectivity index is 1.85. The Morgan fingerprint density at radius 1 is 1.09 bits per heavy atom. The van der Waals surface area contributed by atoms with Gasteiger partial charge in [-0.3, -0.25) is 9.59 Å². The van der Waals surface area contributed by atoms with Gasteiger partial charge in [-0.05, 0) is 48.2 Å². The zero-order valence-corrected chi connectivity index (χ0v) is 21.3. The van der Waals surface area contributed by atoms with Gasteiger partial charge in [-0.25, -0.2) is 0 Å². The van der Waals surface area contributed by atoms with Crippen LogP contribution in [0.2, 0.25) is 0 Å². The van der Waals surface area contributed by atoms with Crippen molar-refractivity contribution in [2.45, 2.75) is 26.3 Å². The van der Waals surface area contributed by atoms with Gasteiger partial charge in [0.1, 0.15) is 5.58 Å². The van der Waals surface area contributed by atoms with E-state index in [1.54, 1.807) is 37.3 Å². The molecule has 0 radical (unpaired) electrons. The van der Waals surface area contributed by atoms with Crippen LogP contribution in [0.25, 0.3) is 11.0 Å². The molecule has 2 aromatic carbocycles. The van der Waals surface area contributed by atoms with Gasteiger partial charge in [0, 0.05) is 24.7 Å². The molecule has 3 aromatic rings. The summed E-state index contributed by atoms with van der Waals surface area (Å²) in [6, 6.07) is 10.1. The van der Waals surface area contributed by atoms with E-state index in [9.17, 15) is 9.59 Å². The Morgan fingerprint density at radius 3 is 2.59 bits per heavy atom. The van der Waals surface area contributed by atoms with Crippen molar-refractivity contribution in [3.8, 4) is 11.5 Å². The van der Waals surface area contributed by atoms with Crippen LogP contribution in [0, 0.1) is 5.92 Å². The van der Waals surface area contributed by atoms with E-state index in [-0.39, 0.29) is 17.1 Å². The van der Waals surface area contributed by atoms with Crippen molar-refractivity contribution in [2.75, 3.05) is 34.0 Å². The Morgan fingerprint density at radius 2 is 1.88 bits per heavy atom. The van der Waals surface area contributed by atoms with Gasteiger partial charge in [0.2, 0.25) is 5.76 Å². The van der Waals surface area contributed by atoms with E-state index < -0.39 is 6.04 Å². The summed E-state index contributed by atoms with van der Waals surface area (Å²) in [5.74, 6) is 1.30. The first-order valence-corrected chi connectivity index (χ1v) is 12.0. The minimum Gasteiger partial charge on any atom is -0.493 e.